The Bertz CT molecular complexity index is 910. The highest BCUT2D eigenvalue weighted by molar-refractivity contribution is 6.74. The maximum atomic E-state index is 15.2. The van der Waals surface area contributed by atoms with Crippen LogP contribution in [0.3, 0.4) is 0 Å². The van der Waals surface area contributed by atoms with E-state index >= 15 is 4.39 Å². The molecular formula is C20H27FN2O5Si. The van der Waals surface area contributed by atoms with Crippen molar-refractivity contribution in [1.29, 1.82) is 0 Å². The summed E-state index contributed by atoms with van der Waals surface area (Å²) in [5.41, 5.74) is 0.713. The Hall–Kier alpha value is -1.94. The third kappa shape index (κ3) is 4.47. The van der Waals surface area contributed by atoms with Crippen LogP contribution >= 0.6 is 0 Å². The van der Waals surface area contributed by atoms with E-state index in [1.807, 2.05) is 13.1 Å². The molecule has 7 nitrogen and oxygen atoms in total. The maximum Gasteiger partial charge on any atom is 0.232 e. The largest absolute Gasteiger partial charge is 0.404 e. The van der Waals surface area contributed by atoms with E-state index < -0.39 is 38.0 Å². The van der Waals surface area contributed by atoms with Crippen molar-refractivity contribution in [2.45, 2.75) is 51.3 Å². The molecule has 158 valence electrons. The van der Waals surface area contributed by atoms with Gasteiger partial charge in [0.2, 0.25) is 6.54 Å². The number of ether oxygens (including phenoxy) is 2. The molecule has 29 heavy (non-hydrogen) atoms. The van der Waals surface area contributed by atoms with Gasteiger partial charge in [-0.1, -0.05) is 20.8 Å². The summed E-state index contributed by atoms with van der Waals surface area (Å²) in [4.78, 5) is 15.1. The summed E-state index contributed by atoms with van der Waals surface area (Å²) >= 11 is 0. The summed E-state index contributed by atoms with van der Waals surface area (Å²) in [6, 6.07) is 2.99. The Labute approximate surface area is 170 Å². The highest BCUT2D eigenvalue weighted by Crippen LogP contribution is 2.42. The van der Waals surface area contributed by atoms with Crippen LogP contribution in [0.1, 0.15) is 44.3 Å². The monoisotopic (exact) mass is 422 g/mol. The van der Waals surface area contributed by atoms with Gasteiger partial charge < -0.3 is 13.9 Å². The van der Waals surface area contributed by atoms with Crippen LogP contribution in [-0.4, -0.2) is 38.0 Å². The first kappa shape index (κ1) is 21.8. The van der Waals surface area contributed by atoms with E-state index in [-0.39, 0.29) is 10.6 Å². The molecule has 0 N–H and O–H groups in total. The zero-order valence-corrected chi connectivity index (χ0v) is 18.4. The Kier molecular flexibility index (Phi) is 6.05. The quantitative estimate of drug-likeness (QED) is 0.379. The second kappa shape index (κ2) is 8.06. The smallest absolute Gasteiger partial charge is 0.232 e. The molecule has 1 aliphatic heterocycles. The van der Waals surface area contributed by atoms with Crippen LogP contribution in [0.4, 0.5) is 4.39 Å². The van der Waals surface area contributed by atoms with Crippen molar-refractivity contribution in [3.63, 3.8) is 0 Å². The van der Waals surface area contributed by atoms with Crippen LogP contribution in [0.2, 0.25) is 18.1 Å². The number of nitrogens with zero attached hydrogens (tertiary/aromatic N) is 2. The molecule has 2 aromatic rings. The fourth-order valence-corrected chi connectivity index (χ4v) is 4.44. The van der Waals surface area contributed by atoms with Gasteiger partial charge in [0.25, 0.3) is 0 Å². The first-order valence-electron chi connectivity index (χ1n) is 9.60. The van der Waals surface area contributed by atoms with E-state index in [0.29, 0.717) is 29.5 Å². The first-order chi connectivity index (χ1) is 13.5. The van der Waals surface area contributed by atoms with Gasteiger partial charge in [0.1, 0.15) is 11.9 Å². The summed E-state index contributed by atoms with van der Waals surface area (Å²) in [5.74, 6) is -0.530. The zero-order valence-electron chi connectivity index (χ0n) is 17.4. The van der Waals surface area contributed by atoms with Crippen LogP contribution in [0, 0.1) is 15.9 Å². The molecule has 0 amide bonds. The summed E-state index contributed by atoms with van der Waals surface area (Å²) < 4.78 is 32.6. The van der Waals surface area contributed by atoms with E-state index in [4.69, 9.17) is 13.9 Å². The molecule has 0 bridgehead atoms. The Morgan fingerprint density at radius 2 is 2.00 bits per heavy atom. The standard InChI is InChI=1S/C20H27FN2O5Si/c1-20(2,3)29(4,5)28-17(12-23(24)25)14-10-16(21)18(19-26-8-9-27-19)13-6-7-22-11-15(13)14/h6-7,10-11,17,19H,8-9,12H2,1-5H3. The SMILES string of the molecule is CC(C)(C)[Si](C)(C)OC(C[N+](=O)[O-])c1cc(F)c(C2OCCO2)c2ccncc12. The van der Waals surface area contributed by atoms with Crippen molar-refractivity contribution in [3.05, 3.63) is 51.6 Å². The molecule has 1 saturated heterocycles. The number of nitro groups is 1. The van der Waals surface area contributed by atoms with E-state index in [1.165, 1.54) is 6.07 Å². The zero-order chi connectivity index (χ0) is 21.4. The summed E-state index contributed by atoms with van der Waals surface area (Å²) in [6.45, 7) is 10.5. The maximum absolute atomic E-state index is 15.2. The Balaban J connectivity index is 2.14. The van der Waals surface area contributed by atoms with Crippen LogP contribution in [0.15, 0.2) is 24.5 Å². The number of halogens is 1. The molecule has 0 radical (unpaired) electrons. The Morgan fingerprint density at radius 1 is 1.34 bits per heavy atom. The van der Waals surface area contributed by atoms with Crippen molar-refractivity contribution < 1.29 is 23.2 Å². The Morgan fingerprint density at radius 3 is 2.59 bits per heavy atom. The molecule has 1 aromatic carbocycles. The molecule has 0 aliphatic carbocycles. The highest BCUT2D eigenvalue weighted by Gasteiger charge is 2.41. The molecular weight excluding hydrogens is 395 g/mol. The van der Waals surface area contributed by atoms with Crippen LogP contribution in [-0.2, 0) is 13.9 Å². The molecule has 1 fully saturated rings. The lowest BCUT2D eigenvalue weighted by atomic mass is 9.97. The number of fused-ring (bicyclic) bond motifs is 1. The average Bonchev–Trinajstić information content (AvgIpc) is 3.13. The molecule has 1 unspecified atom stereocenters. The van der Waals surface area contributed by atoms with Crippen LogP contribution in [0.5, 0.6) is 0 Å². The van der Waals surface area contributed by atoms with Gasteiger partial charge in [0, 0.05) is 22.7 Å². The van der Waals surface area contributed by atoms with Crippen molar-refractivity contribution in [2.24, 2.45) is 0 Å². The topological polar surface area (TPSA) is 83.7 Å². The summed E-state index contributed by atoms with van der Waals surface area (Å²) in [5, 5.41) is 12.4. The summed E-state index contributed by atoms with van der Waals surface area (Å²) in [6.07, 6.45) is 1.46. The second-order valence-corrected chi connectivity index (χ2v) is 13.5. The molecule has 9 heteroatoms. The lowest BCUT2D eigenvalue weighted by Gasteiger charge is -2.38. The fraction of sp³-hybridized carbons (Fsp3) is 0.550. The van der Waals surface area contributed by atoms with Crippen LogP contribution in [0.25, 0.3) is 10.8 Å². The molecule has 1 aliphatic rings. The number of benzene rings is 1. The normalized spacial score (nSPS) is 17.0. The number of aromatic nitrogens is 1. The molecule has 0 spiro atoms. The minimum atomic E-state index is -2.36. The van der Waals surface area contributed by atoms with Crippen LogP contribution < -0.4 is 0 Å². The number of hydrogen-bond donors (Lipinski definition) is 0. The second-order valence-electron chi connectivity index (χ2n) is 8.74. The van der Waals surface area contributed by atoms with E-state index in [1.54, 1.807) is 18.5 Å². The fourth-order valence-electron chi connectivity index (χ4n) is 3.18. The van der Waals surface area contributed by atoms with Gasteiger partial charge in [-0.3, -0.25) is 15.1 Å². The highest BCUT2D eigenvalue weighted by atomic mass is 28.4. The predicted molar refractivity (Wildman–Crippen MR) is 109 cm³/mol. The predicted octanol–water partition coefficient (Wildman–Crippen LogP) is 4.76. The first-order valence-corrected chi connectivity index (χ1v) is 12.5. The van der Waals surface area contributed by atoms with Gasteiger partial charge in [-0.25, -0.2) is 4.39 Å². The van der Waals surface area contributed by atoms with E-state index in [9.17, 15) is 10.1 Å². The minimum absolute atomic E-state index is 0.153. The number of pyridine rings is 1. The lowest BCUT2D eigenvalue weighted by molar-refractivity contribution is -0.490. The number of hydrogen-bond acceptors (Lipinski definition) is 6. The van der Waals surface area contributed by atoms with Gasteiger partial charge in [0.05, 0.1) is 18.8 Å². The van der Waals surface area contributed by atoms with E-state index in [0.717, 1.165) is 0 Å². The molecule has 3 rings (SSSR count). The van der Waals surface area contributed by atoms with Gasteiger partial charge in [-0.15, -0.1) is 0 Å². The average molecular weight is 423 g/mol. The van der Waals surface area contributed by atoms with Gasteiger partial charge in [-0.2, -0.15) is 0 Å². The van der Waals surface area contributed by atoms with Gasteiger partial charge in [-0.05, 0) is 41.2 Å². The van der Waals surface area contributed by atoms with Crippen molar-refractivity contribution in [1.82, 2.24) is 4.98 Å². The van der Waals surface area contributed by atoms with Gasteiger partial charge in [0.15, 0.2) is 14.6 Å². The number of rotatable bonds is 6. The third-order valence-electron chi connectivity index (χ3n) is 5.72. The third-order valence-corrected chi connectivity index (χ3v) is 10.2. The summed E-state index contributed by atoms with van der Waals surface area (Å²) in [7, 11) is -2.36. The lowest BCUT2D eigenvalue weighted by Crippen LogP contribution is -2.43. The molecule has 1 aromatic heterocycles. The van der Waals surface area contributed by atoms with Crippen molar-refractivity contribution in [2.75, 3.05) is 19.8 Å². The van der Waals surface area contributed by atoms with E-state index in [2.05, 4.69) is 25.8 Å². The van der Waals surface area contributed by atoms with Crippen molar-refractivity contribution >= 4 is 19.1 Å². The van der Waals surface area contributed by atoms with Gasteiger partial charge >= 0.3 is 0 Å². The molecule has 2 heterocycles. The molecule has 0 saturated carbocycles. The minimum Gasteiger partial charge on any atom is -0.404 e. The molecule has 1 atom stereocenters. The van der Waals surface area contributed by atoms with Crippen molar-refractivity contribution in [3.8, 4) is 0 Å².